The standard InChI is InChI=1S/C25H34N2O2.ClH/c1-25(2,3)22-8-6-9-23(19-22)29-18-5-4-7-20-10-12-21(13-11-20)24(28)27-16-14-26-15-17-27;/h6,8-13,19,26H,4-5,7,14-18H2,1-3H3;1H. The van der Waals surface area contributed by atoms with Gasteiger partial charge in [0.2, 0.25) is 0 Å². The average molecular weight is 431 g/mol. The van der Waals surface area contributed by atoms with Crippen molar-refractivity contribution in [2.24, 2.45) is 0 Å². The van der Waals surface area contributed by atoms with Gasteiger partial charge in [-0.2, -0.15) is 0 Å². The van der Waals surface area contributed by atoms with Crippen LogP contribution in [0.4, 0.5) is 0 Å². The van der Waals surface area contributed by atoms with Gasteiger partial charge < -0.3 is 15.0 Å². The first kappa shape index (κ1) is 24.2. The number of rotatable bonds is 7. The fraction of sp³-hybridized carbons (Fsp3) is 0.480. The Morgan fingerprint density at radius 3 is 2.40 bits per heavy atom. The maximum atomic E-state index is 12.5. The summed E-state index contributed by atoms with van der Waals surface area (Å²) in [7, 11) is 0. The number of benzene rings is 2. The van der Waals surface area contributed by atoms with Crippen molar-refractivity contribution >= 4 is 18.3 Å². The van der Waals surface area contributed by atoms with Crippen molar-refractivity contribution in [1.29, 1.82) is 0 Å². The molecule has 3 rings (SSSR count). The van der Waals surface area contributed by atoms with E-state index in [1.54, 1.807) is 0 Å². The molecule has 0 saturated carbocycles. The van der Waals surface area contributed by atoms with Gasteiger partial charge in [0.05, 0.1) is 6.61 Å². The van der Waals surface area contributed by atoms with Crippen molar-refractivity contribution in [1.82, 2.24) is 10.2 Å². The fourth-order valence-corrected chi connectivity index (χ4v) is 3.54. The van der Waals surface area contributed by atoms with Crippen molar-refractivity contribution in [2.75, 3.05) is 32.8 Å². The minimum Gasteiger partial charge on any atom is -0.494 e. The number of nitrogens with zero attached hydrogens (tertiary/aromatic N) is 1. The molecule has 0 atom stereocenters. The van der Waals surface area contributed by atoms with Crippen molar-refractivity contribution in [3.05, 3.63) is 65.2 Å². The van der Waals surface area contributed by atoms with E-state index in [2.05, 4.69) is 56.4 Å². The molecule has 0 unspecified atom stereocenters. The number of nitrogens with one attached hydrogen (secondary N) is 1. The molecule has 0 radical (unpaired) electrons. The summed E-state index contributed by atoms with van der Waals surface area (Å²) in [5.74, 6) is 1.09. The van der Waals surface area contributed by atoms with Gasteiger partial charge in [0.25, 0.3) is 5.91 Å². The van der Waals surface area contributed by atoms with Gasteiger partial charge in [0, 0.05) is 31.7 Å². The number of carbonyl (C=O) groups is 1. The highest BCUT2D eigenvalue weighted by Crippen LogP contribution is 2.25. The minimum absolute atomic E-state index is 0. The third-order valence-electron chi connectivity index (χ3n) is 5.43. The Morgan fingerprint density at radius 2 is 1.73 bits per heavy atom. The topological polar surface area (TPSA) is 41.6 Å². The molecule has 2 aromatic carbocycles. The molecule has 0 aromatic heterocycles. The summed E-state index contributed by atoms with van der Waals surface area (Å²) in [6.07, 6.45) is 3.10. The summed E-state index contributed by atoms with van der Waals surface area (Å²) < 4.78 is 5.94. The van der Waals surface area contributed by atoms with Crippen LogP contribution in [0.5, 0.6) is 5.75 Å². The molecule has 164 valence electrons. The van der Waals surface area contributed by atoms with E-state index >= 15 is 0 Å². The molecular formula is C25H35ClN2O2. The highest BCUT2D eigenvalue weighted by Gasteiger charge is 2.17. The number of unbranched alkanes of at least 4 members (excludes halogenated alkanes) is 1. The van der Waals surface area contributed by atoms with E-state index < -0.39 is 0 Å². The molecule has 1 heterocycles. The Morgan fingerprint density at radius 1 is 1.03 bits per heavy atom. The monoisotopic (exact) mass is 430 g/mol. The zero-order valence-electron chi connectivity index (χ0n) is 18.4. The number of halogens is 1. The number of hydrogen-bond donors (Lipinski definition) is 1. The Balaban J connectivity index is 0.00000320. The number of ether oxygens (including phenoxy) is 1. The van der Waals surface area contributed by atoms with Crippen molar-refractivity contribution in [3.8, 4) is 5.75 Å². The first-order valence-corrected chi connectivity index (χ1v) is 10.8. The van der Waals surface area contributed by atoms with E-state index in [-0.39, 0.29) is 23.7 Å². The molecule has 1 N–H and O–H groups in total. The maximum absolute atomic E-state index is 12.5. The van der Waals surface area contributed by atoms with Crippen LogP contribution in [0.2, 0.25) is 0 Å². The molecule has 5 heteroatoms. The second-order valence-corrected chi connectivity index (χ2v) is 8.82. The van der Waals surface area contributed by atoms with Gasteiger partial charge in [-0.3, -0.25) is 4.79 Å². The molecule has 1 saturated heterocycles. The van der Waals surface area contributed by atoms with Crippen LogP contribution >= 0.6 is 12.4 Å². The normalized spacial score (nSPS) is 14.2. The zero-order chi connectivity index (χ0) is 20.7. The SMILES string of the molecule is CC(C)(C)c1cccc(OCCCCc2ccc(C(=O)N3CCNCC3)cc2)c1.Cl. The summed E-state index contributed by atoms with van der Waals surface area (Å²) in [6.45, 7) is 10.7. The van der Waals surface area contributed by atoms with Crippen LogP contribution in [0.3, 0.4) is 0 Å². The van der Waals surface area contributed by atoms with Gasteiger partial charge in [0.15, 0.2) is 0 Å². The van der Waals surface area contributed by atoms with Crippen LogP contribution in [0.1, 0.15) is 55.1 Å². The Bertz CT molecular complexity index is 794. The number of piperazine rings is 1. The summed E-state index contributed by atoms with van der Waals surface area (Å²) in [5.41, 5.74) is 3.50. The highest BCUT2D eigenvalue weighted by molar-refractivity contribution is 5.94. The molecule has 1 fully saturated rings. The molecular weight excluding hydrogens is 396 g/mol. The Hall–Kier alpha value is -2.04. The zero-order valence-corrected chi connectivity index (χ0v) is 19.3. The Labute approximate surface area is 187 Å². The minimum atomic E-state index is 0. The van der Waals surface area contributed by atoms with E-state index in [1.165, 1.54) is 11.1 Å². The van der Waals surface area contributed by atoms with Gasteiger partial charge in [0.1, 0.15) is 5.75 Å². The number of amides is 1. The smallest absolute Gasteiger partial charge is 0.253 e. The first-order chi connectivity index (χ1) is 13.9. The van der Waals surface area contributed by atoms with E-state index in [0.29, 0.717) is 0 Å². The predicted molar refractivity (Wildman–Crippen MR) is 126 cm³/mol. The first-order valence-electron chi connectivity index (χ1n) is 10.8. The lowest BCUT2D eigenvalue weighted by atomic mass is 9.87. The summed E-state index contributed by atoms with van der Waals surface area (Å²) in [5, 5.41) is 3.28. The molecule has 2 aromatic rings. The molecule has 4 nitrogen and oxygen atoms in total. The van der Waals surface area contributed by atoms with E-state index in [0.717, 1.165) is 63.4 Å². The molecule has 0 aliphatic carbocycles. The van der Waals surface area contributed by atoms with Crippen LogP contribution in [0.25, 0.3) is 0 Å². The van der Waals surface area contributed by atoms with Crippen LogP contribution < -0.4 is 10.1 Å². The van der Waals surface area contributed by atoms with Crippen LogP contribution in [-0.2, 0) is 11.8 Å². The average Bonchev–Trinajstić information content (AvgIpc) is 2.74. The molecule has 30 heavy (non-hydrogen) atoms. The third-order valence-corrected chi connectivity index (χ3v) is 5.43. The summed E-state index contributed by atoms with van der Waals surface area (Å²) in [6, 6.07) is 16.5. The van der Waals surface area contributed by atoms with Crippen molar-refractivity contribution < 1.29 is 9.53 Å². The van der Waals surface area contributed by atoms with E-state index in [9.17, 15) is 4.79 Å². The van der Waals surface area contributed by atoms with Crippen LogP contribution in [0.15, 0.2) is 48.5 Å². The van der Waals surface area contributed by atoms with E-state index in [4.69, 9.17) is 4.74 Å². The molecule has 0 spiro atoms. The predicted octanol–water partition coefficient (Wildman–Crippen LogP) is 4.85. The van der Waals surface area contributed by atoms with Gasteiger partial charge >= 0.3 is 0 Å². The molecule has 1 aliphatic rings. The molecule has 1 aliphatic heterocycles. The Kier molecular flexibility index (Phi) is 9.19. The highest BCUT2D eigenvalue weighted by atomic mass is 35.5. The van der Waals surface area contributed by atoms with Crippen molar-refractivity contribution in [3.63, 3.8) is 0 Å². The lowest BCUT2D eigenvalue weighted by molar-refractivity contribution is 0.0736. The number of hydrogen-bond acceptors (Lipinski definition) is 3. The van der Waals surface area contributed by atoms with Crippen LogP contribution in [0, 0.1) is 0 Å². The second kappa shape index (κ2) is 11.4. The quantitative estimate of drug-likeness (QED) is 0.638. The van der Waals surface area contributed by atoms with Crippen LogP contribution in [-0.4, -0.2) is 43.6 Å². The lowest BCUT2D eigenvalue weighted by Gasteiger charge is -2.27. The second-order valence-electron chi connectivity index (χ2n) is 8.82. The fourth-order valence-electron chi connectivity index (χ4n) is 3.54. The van der Waals surface area contributed by atoms with Gasteiger partial charge in [-0.15, -0.1) is 12.4 Å². The summed E-state index contributed by atoms with van der Waals surface area (Å²) in [4.78, 5) is 14.4. The van der Waals surface area contributed by atoms with E-state index in [1.807, 2.05) is 23.1 Å². The lowest BCUT2D eigenvalue weighted by Crippen LogP contribution is -2.46. The maximum Gasteiger partial charge on any atom is 0.253 e. The molecule has 0 bridgehead atoms. The van der Waals surface area contributed by atoms with Gasteiger partial charge in [-0.05, 0) is 60.1 Å². The largest absolute Gasteiger partial charge is 0.494 e. The van der Waals surface area contributed by atoms with Gasteiger partial charge in [-0.25, -0.2) is 0 Å². The van der Waals surface area contributed by atoms with Crippen molar-refractivity contribution in [2.45, 2.75) is 45.4 Å². The third kappa shape index (κ3) is 7.03. The number of aryl methyl sites for hydroxylation is 1. The van der Waals surface area contributed by atoms with Gasteiger partial charge in [-0.1, -0.05) is 45.0 Å². The number of carbonyl (C=O) groups excluding carboxylic acids is 1. The molecule has 1 amide bonds. The summed E-state index contributed by atoms with van der Waals surface area (Å²) >= 11 is 0.